The van der Waals surface area contributed by atoms with Gasteiger partial charge in [0.2, 0.25) is 0 Å². The lowest BCUT2D eigenvalue weighted by atomic mass is 10.2. The Morgan fingerprint density at radius 1 is 1.21 bits per heavy atom. The minimum atomic E-state index is -0.472. The van der Waals surface area contributed by atoms with E-state index in [0.29, 0.717) is 5.82 Å². The van der Waals surface area contributed by atoms with Crippen LogP contribution in [0, 0.1) is 5.82 Å². The summed E-state index contributed by atoms with van der Waals surface area (Å²) in [7, 11) is 0. The van der Waals surface area contributed by atoms with Gasteiger partial charge in [0.25, 0.3) is 0 Å². The number of ether oxygens (including phenoxy) is 1. The fourth-order valence-electron chi connectivity index (χ4n) is 2.03. The van der Waals surface area contributed by atoms with Crippen molar-refractivity contribution in [3.63, 3.8) is 0 Å². The molecule has 0 saturated heterocycles. The third-order valence-corrected chi connectivity index (χ3v) is 3.24. The number of imidazole rings is 1. The Balaban J connectivity index is 1.58. The van der Waals surface area contributed by atoms with E-state index in [1.165, 1.54) is 18.2 Å². The Bertz CT molecular complexity index is 843. The first-order valence-electron chi connectivity index (χ1n) is 7.24. The van der Waals surface area contributed by atoms with Crippen LogP contribution in [0.15, 0.2) is 67.4 Å². The van der Waals surface area contributed by atoms with Gasteiger partial charge in [-0.3, -0.25) is 4.57 Å². The Morgan fingerprint density at radius 2 is 2.04 bits per heavy atom. The average Bonchev–Trinajstić information content (AvgIpc) is 3.14. The van der Waals surface area contributed by atoms with Gasteiger partial charge >= 0.3 is 5.97 Å². The van der Waals surface area contributed by atoms with E-state index in [0.717, 1.165) is 11.1 Å². The van der Waals surface area contributed by atoms with Crippen molar-refractivity contribution in [1.82, 2.24) is 14.5 Å². The smallest absolute Gasteiger partial charge is 0.331 e. The quantitative estimate of drug-likeness (QED) is 0.534. The summed E-state index contributed by atoms with van der Waals surface area (Å²) in [5, 5.41) is 0. The number of carbonyl (C=O) groups is 1. The van der Waals surface area contributed by atoms with Crippen molar-refractivity contribution < 1.29 is 13.9 Å². The summed E-state index contributed by atoms with van der Waals surface area (Å²) in [6.45, 7) is 0.136. The zero-order valence-electron chi connectivity index (χ0n) is 12.7. The zero-order valence-corrected chi connectivity index (χ0v) is 12.7. The lowest BCUT2D eigenvalue weighted by molar-refractivity contribution is -0.138. The SMILES string of the molecule is O=C(/C=C/c1ccc(F)cc1)OCc1ccnc(-n2ccnc2)c1. The summed E-state index contributed by atoms with van der Waals surface area (Å²) in [6.07, 6.45) is 9.62. The number of hydrogen-bond acceptors (Lipinski definition) is 4. The van der Waals surface area contributed by atoms with Gasteiger partial charge in [-0.05, 0) is 41.5 Å². The topological polar surface area (TPSA) is 57.0 Å². The van der Waals surface area contributed by atoms with Crippen molar-refractivity contribution >= 4 is 12.0 Å². The molecule has 3 aromatic rings. The molecule has 6 heteroatoms. The summed E-state index contributed by atoms with van der Waals surface area (Å²) in [5.74, 6) is -0.0932. The largest absolute Gasteiger partial charge is 0.458 e. The molecule has 3 rings (SSSR count). The molecule has 0 atom stereocenters. The van der Waals surface area contributed by atoms with Gasteiger partial charge in [0.15, 0.2) is 0 Å². The number of benzene rings is 1. The normalized spacial score (nSPS) is 10.9. The van der Waals surface area contributed by atoms with Crippen LogP contribution < -0.4 is 0 Å². The monoisotopic (exact) mass is 323 g/mol. The van der Waals surface area contributed by atoms with Gasteiger partial charge in [-0.25, -0.2) is 19.2 Å². The highest BCUT2D eigenvalue weighted by Gasteiger charge is 2.02. The van der Waals surface area contributed by atoms with E-state index in [1.54, 1.807) is 53.8 Å². The number of carbonyl (C=O) groups excluding carboxylic acids is 1. The molecule has 0 aliphatic rings. The molecule has 0 fully saturated rings. The van der Waals surface area contributed by atoms with E-state index < -0.39 is 5.97 Å². The Morgan fingerprint density at radius 3 is 2.79 bits per heavy atom. The highest BCUT2D eigenvalue weighted by Crippen LogP contribution is 2.09. The van der Waals surface area contributed by atoms with Gasteiger partial charge in [-0.15, -0.1) is 0 Å². The third kappa shape index (κ3) is 4.13. The molecule has 0 spiro atoms. The van der Waals surface area contributed by atoms with Gasteiger partial charge in [-0.2, -0.15) is 0 Å². The van der Waals surface area contributed by atoms with Gasteiger partial charge in [0.05, 0.1) is 0 Å². The summed E-state index contributed by atoms with van der Waals surface area (Å²) in [5.41, 5.74) is 1.54. The van der Waals surface area contributed by atoms with Gasteiger partial charge in [-0.1, -0.05) is 12.1 Å². The Kier molecular flexibility index (Phi) is 4.76. The van der Waals surface area contributed by atoms with Crippen LogP contribution in [-0.2, 0) is 16.1 Å². The van der Waals surface area contributed by atoms with Crippen LogP contribution in [0.4, 0.5) is 4.39 Å². The predicted octanol–water partition coefficient (Wildman–Crippen LogP) is 3.16. The van der Waals surface area contributed by atoms with Gasteiger partial charge < -0.3 is 4.74 Å². The number of hydrogen-bond donors (Lipinski definition) is 0. The van der Waals surface area contributed by atoms with Crippen LogP contribution in [0.1, 0.15) is 11.1 Å². The predicted molar refractivity (Wildman–Crippen MR) is 86.6 cm³/mol. The maximum Gasteiger partial charge on any atom is 0.331 e. The molecule has 2 heterocycles. The molecule has 0 aliphatic heterocycles. The molecule has 0 saturated carbocycles. The Labute approximate surface area is 138 Å². The van der Waals surface area contributed by atoms with Crippen molar-refractivity contribution in [3.05, 3.63) is 84.3 Å². The molecule has 0 unspecified atom stereocenters. The Hall–Kier alpha value is -3.28. The van der Waals surface area contributed by atoms with E-state index in [2.05, 4.69) is 9.97 Å². The molecule has 24 heavy (non-hydrogen) atoms. The molecule has 5 nitrogen and oxygen atoms in total. The highest BCUT2D eigenvalue weighted by molar-refractivity contribution is 5.87. The molecule has 2 aromatic heterocycles. The second kappa shape index (κ2) is 7.32. The van der Waals surface area contributed by atoms with E-state index in [1.807, 2.05) is 6.07 Å². The highest BCUT2D eigenvalue weighted by atomic mass is 19.1. The number of aromatic nitrogens is 3. The van der Waals surface area contributed by atoms with E-state index in [9.17, 15) is 9.18 Å². The van der Waals surface area contributed by atoms with E-state index >= 15 is 0 Å². The average molecular weight is 323 g/mol. The van der Waals surface area contributed by atoms with Crippen molar-refractivity contribution in [2.45, 2.75) is 6.61 Å². The van der Waals surface area contributed by atoms with Gasteiger partial charge in [0, 0.05) is 24.7 Å². The molecular weight excluding hydrogens is 309 g/mol. The molecule has 0 amide bonds. The minimum absolute atomic E-state index is 0.136. The molecule has 0 radical (unpaired) electrons. The number of nitrogens with zero attached hydrogens (tertiary/aromatic N) is 3. The summed E-state index contributed by atoms with van der Waals surface area (Å²) in [6, 6.07) is 9.42. The zero-order chi connectivity index (χ0) is 16.8. The first-order chi connectivity index (χ1) is 11.7. The van der Waals surface area contributed by atoms with E-state index in [4.69, 9.17) is 4.74 Å². The lowest BCUT2D eigenvalue weighted by Gasteiger charge is -2.05. The number of halogens is 1. The van der Waals surface area contributed by atoms with Crippen molar-refractivity contribution in [2.75, 3.05) is 0 Å². The third-order valence-electron chi connectivity index (χ3n) is 3.24. The lowest BCUT2D eigenvalue weighted by Crippen LogP contribution is -2.02. The number of esters is 1. The van der Waals surface area contributed by atoms with Crippen molar-refractivity contribution in [1.29, 1.82) is 0 Å². The number of pyridine rings is 1. The summed E-state index contributed by atoms with van der Waals surface area (Å²) in [4.78, 5) is 20.0. The standard InChI is InChI=1S/C18H14FN3O2/c19-16-4-1-14(2-5-16)3-6-18(23)24-12-15-7-8-21-17(11-15)22-10-9-20-13-22/h1-11,13H,12H2/b6-3+. The molecule has 0 aliphatic carbocycles. The maximum absolute atomic E-state index is 12.8. The minimum Gasteiger partial charge on any atom is -0.458 e. The van der Waals surface area contributed by atoms with E-state index in [-0.39, 0.29) is 12.4 Å². The first kappa shape index (κ1) is 15.6. The fourth-order valence-corrected chi connectivity index (χ4v) is 2.03. The summed E-state index contributed by atoms with van der Waals surface area (Å²) < 4.78 is 19.8. The second-order valence-electron chi connectivity index (χ2n) is 4.98. The molecular formula is C18H14FN3O2. The van der Waals surface area contributed by atoms with Gasteiger partial charge in [0.1, 0.15) is 24.6 Å². The van der Waals surface area contributed by atoms with Crippen LogP contribution in [-0.4, -0.2) is 20.5 Å². The van der Waals surface area contributed by atoms with Crippen molar-refractivity contribution in [2.24, 2.45) is 0 Å². The van der Waals surface area contributed by atoms with Crippen LogP contribution in [0.3, 0.4) is 0 Å². The first-order valence-corrected chi connectivity index (χ1v) is 7.24. The molecule has 0 N–H and O–H groups in total. The van der Waals surface area contributed by atoms with Crippen LogP contribution in [0.2, 0.25) is 0 Å². The molecule has 1 aromatic carbocycles. The van der Waals surface area contributed by atoms with Crippen LogP contribution in [0.5, 0.6) is 0 Å². The molecule has 0 bridgehead atoms. The summed E-state index contributed by atoms with van der Waals surface area (Å²) >= 11 is 0. The fraction of sp³-hybridized carbons (Fsp3) is 0.0556. The molecule has 120 valence electrons. The number of rotatable bonds is 5. The van der Waals surface area contributed by atoms with Crippen LogP contribution >= 0.6 is 0 Å². The maximum atomic E-state index is 12.8. The second-order valence-corrected chi connectivity index (χ2v) is 4.98. The van der Waals surface area contributed by atoms with Crippen molar-refractivity contribution in [3.8, 4) is 5.82 Å². The van der Waals surface area contributed by atoms with Crippen LogP contribution in [0.25, 0.3) is 11.9 Å².